The fraction of sp³-hybridized carbons (Fsp3) is 0.333. The van der Waals surface area contributed by atoms with E-state index in [4.69, 9.17) is 0 Å². The third-order valence-electron chi connectivity index (χ3n) is 2.21. The molecule has 70 valence electrons. The van der Waals surface area contributed by atoms with Crippen LogP contribution in [0.4, 0.5) is 0 Å². The van der Waals surface area contributed by atoms with Gasteiger partial charge in [0.25, 0.3) is 0 Å². The first-order valence-corrected chi connectivity index (χ1v) is 4.74. The normalized spacial score (nSPS) is 13.7. The summed E-state index contributed by atoms with van der Waals surface area (Å²) in [7, 11) is 0. The Morgan fingerprint density at radius 1 is 1.62 bits per heavy atom. The minimum absolute atomic E-state index is 0.981. The molecule has 0 bridgehead atoms. The van der Waals surface area contributed by atoms with Crippen LogP contribution in [-0.4, -0.2) is 4.98 Å². The number of hydrogen-bond acceptors (Lipinski definition) is 0. The second-order valence-corrected chi connectivity index (χ2v) is 3.15. The van der Waals surface area contributed by atoms with Crippen LogP contribution in [-0.2, 0) is 0 Å². The van der Waals surface area contributed by atoms with Gasteiger partial charge in [-0.3, -0.25) is 0 Å². The second kappa shape index (κ2) is 4.70. The summed E-state index contributed by atoms with van der Waals surface area (Å²) < 4.78 is 0. The molecule has 0 aromatic carbocycles. The molecule has 0 fully saturated rings. The lowest BCUT2D eigenvalue weighted by molar-refractivity contribution is 1.06. The summed E-state index contributed by atoms with van der Waals surface area (Å²) in [6.07, 6.45) is 8.31. The third kappa shape index (κ3) is 2.62. The fourth-order valence-corrected chi connectivity index (χ4v) is 1.22. The zero-order chi connectivity index (χ0) is 9.68. The minimum Gasteiger partial charge on any atom is -0.361 e. The van der Waals surface area contributed by atoms with Crippen molar-refractivity contribution in [1.29, 1.82) is 0 Å². The van der Waals surface area contributed by atoms with E-state index in [0.29, 0.717) is 0 Å². The molecule has 13 heavy (non-hydrogen) atoms. The summed E-state index contributed by atoms with van der Waals surface area (Å²) in [6, 6.07) is 2.10. The summed E-state index contributed by atoms with van der Waals surface area (Å²) in [6.45, 7) is 8.15. The fourth-order valence-electron chi connectivity index (χ4n) is 1.22. The molecule has 0 aliphatic carbocycles. The van der Waals surface area contributed by atoms with Crippen LogP contribution in [0.2, 0.25) is 0 Å². The first-order chi connectivity index (χ1) is 6.27. The Kier molecular flexibility index (Phi) is 3.56. The number of rotatable bonds is 3. The van der Waals surface area contributed by atoms with Crippen LogP contribution < -0.4 is 10.6 Å². The van der Waals surface area contributed by atoms with E-state index < -0.39 is 0 Å². The average molecular weight is 175 g/mol. The van der Waals surface area contributed by atoms with Gasteiger partial charge in [-0.05, 0) is 31.1 Å². The molecule has 0 unspecified atom stereocenters. The van der Waals surface area contributed by atoms with Crippen molar-refractivity contribution in [2.45, 2.75) is 26.7 Å². The number of allylic oxidation sites excluding steroid dienone is 1. The Morgan fingerprint density at radius 3 is 3.00 bits per heavy atom. The highest BCUT2D eigenvalue weighted by atomic mass is 14.6. The van der Waals surface area contributed by atoms with Gasteiger partial charge < -0.3 is 4.98 Å². The first-order valence-electron chi connectivity index (χ1n) is 4.74. The maximum absolute atomic E-state index is 3.98. The summed E-state index contributed by atoms with van der Waals surface area (Å²) >= 11 is 0. The summed E-state index contributed by atoms with van der Waals surface area (Å²) in [4.78, 5) is 3.18. The van der Waals surface area contributed by atoms with Crippen LogP contribution in [0, 0.1) is 0 Å². The Bertz CT molecular complexity index is 382. The maximum atomic E-state index is 3.98. The van der Waals surface area contributed by atoms with Crippen LogP contribution in [0.1, 0.15) is 26.7 Å². The highest BCUT2D eigenvalue weighted by Gasteiger charge is 1.87. The van der Waals surface area contributed by atoms with Crippen LogP contribution in [0.3, 0.4) is 0 Å². The number of aromatic nitrogens is 1. The predicted molar refractivity (Wildman–Crippen MR) is 58.7 cm³/mol. The van der Waals surface area contributed by atoms with E-state index in [1.54, 1.807) is 0 Å². The van der Waals surface area contributed by atoms with Gasteiger partial charge in [0.15, 0.2) is 0 Å². The molecule has 0 saturated heterocycles. The molecule has 0 radical (unpaired) electrons. The quantitative estimate of drug-likeness (QED) is 0.676. The third-order valence-corrected chi connectivity index (χ3v) is 2.21. The van der Waals surface area contributed by atoms with Crippen molar-refractivity contribution in [3.05, 3.63) is 35.0 Å². The van der Waals surface area contributed by atoms with Gasteiger partial charge in [0, 0.05) is 11.5 Å². The summed E-state index contributed by atoms with van der Waals surface area (Å²) in [5.41, 5.74) is 1.28. The topological polar surface area (TPSA) is 15.8 Å². The Balaban J connectivity index is 2.89. The number of nitrogens with one attached hydrogen (secondary N) is 1. The van der Waals surface area contributed by atoms with E-state index >= 15 is 0 Å². The van der Waals surface area contributed by atoms with E-state index in [1.807, 2.05) is 13.1 Å². The highest BCUT2D eigenvalue weighted by molar-refractivity contribution is 5.31. The Morgan fingerprint density at radius 2 is 2.38 bits per heavy atom. The molecule has 1 heterocycles. The van der Waals surface area contributed by atoms with Gasteiger partial charge in [0.1, 0.15) is 0 Å². The Hall–Kier alpha value is -1.24. The maximum Gasteiger partial charge on any atom is 0.0407 e. The van der Waals surface area contributed by atoms with Crippen molar-refractivity contribution in [2.75, 3.05) is 0 Å². The molecule has 0 aliphatic heterocycles. The molecule has 1 aromatic heterocycles. The molecule has 1 heteroatoms. The van der Waals surface area contributed by atoms with Crippen LogP contribution in [0.25, 0.3) is 12.2 Å². The van der Waals surface area contributed by atoms with E-state index in [2.05, 4.69) is 36.7 Å². The van der Waals surface area contributed by atoms with Gasteiger partial charge >= 0.3 is 0 Å². The van der Waals surface area contributed by atoms with Crippen molar-refractivity contribution < 1.29 is 0 Å². The molecule has 1 N–H and O–H groups in total. The number of hydrogen-bond donors (Lipinski definition) is 1. The first kappa shape index (κ1) is 9.85. The molecule has 1 rings (SSSR count). The lowest BCUT2D eigenvalue weighted by atomic mass is 10.1. The standard InChI is InChI=1S/C12H17N/c1-4-10(3)6-7-11-8-9-13-12(11)5-2/h5,7-9,13H,3-4,6H2,1-2H3. The van der Waals surface area contributed by atoms with Gasteiger partial charge in [-0.25, -0.2) is 0 Å². The van der Waals surface area contributed by atoms with Gasteiger partial charge in [0.05, 0.1) is 0 Å². The lowest BCUT2D eigenvalue weighted by Gasteiger charge is -1.93. The second-order valence-electron chi connectivity index (χ2n) is 3.15. The molecule has 0 saturated carbocycles. The molecule has 0 amide bonds. The van der Waals surface area contributed by atoms with Crippen LogP contribution in [0.15, 0.2) is 24.4 Å². The zero-order valence-corrected chi connectivity index (χ0v) is 8.43. The lowest BCUT2D eigenvalue weighted by Crippen LogP contribution is -2.21. The molecule has 1 nitrogen and oxygen atoms in total. The van der Waals surface area contributed by atoms with Gasteiger partial charge in [-0.2, -0.15) is 0 Å². The SMILES string of the molecule is C=C(CC)CC=c1cc[nH]c1=CC. The highest BCUT2D eigenvalue weighted by Crippen LogP contribution is 2.02. The van der Waals surface area contributed by atoms with Crippen LogP contribution >= 0.6 is 0 Å². The molecular formula is C12H17N. The zero-order valence-electron chi connectivity index (χ0n) is 8.43. The molecule has 1 aromatic rings. The molecule has 0 spiro atoms. The van der Waals surface area contributed by atoms with E-state index in [1.165, 1.54) is 16.1 Å². The van der Waals surface area contributed by atoms with E-state index in [-0.39, 0.29) is 0 Å². The van der Waals surface area contributed by atoms with Gasteiger partial charge in [-0.15, -0.1) is 0 Å². The van der Waals surface area contributed by atoms with Gasteiger partial charge in [-0.1, -0.05) is 31.2 Å². The largest absolute Gasteiger partial charge is 0.361 e. The molecule has 0 aliphatic rings. The number of aromatic amines is 1. The number of H-pyrrole nitrogens is 1. The predicted octanol–water partition coefficient (Wildman–Crippen LogP) is 1.95. The smallest absolute Gasteiger partial charge is 0.0407 e. The average Bonchev–Trinajstić information content (AvgIpc) is 2.61. The monoisotopic (exact) mass is 175 g/mol. The minimum atomic E-state index is 0.981. The Labute approximate surface area is 79.5 Å². The van der Waals surface area contributed by atoms with E-state index in [0.717, 1.165) is 12.8 Å². The van der Waals surface area contributed by atoms with Crippen molar-refractivity contribution in [3.63, 3.8) is 0 Å². The van der Waals surface area contributed by atoms with E-state index in [9.17, 15) is 0 Å². The summed E-state index contributed by atoms with van der Waals surface area (Å²) in [5.74, 6) is 0. The summed E-state index contributed by atoms with van der Waals surface area (Å²) in [5, 5.41) is 2.47. The molecule has 0 atom stereocenters. The van der Waals surface area contributed by atoms with Crippen molar-refractivity contribution in [1.82, 2.24) is 4.98 Å². The van der Waals surface area contributed by atoms with Crippen molar-refractivity contribution >= 4 is 12.2 Å². The van der Waals surface area contributed by atoms with Crippen LogP contribution in [0.5, 0.6) is 0 Å². The van der Waals surface area contributed by atoms with Crippen molar-refractivity contribution in [3.8, 4) is 0 Å². The van der Waals surface area contributed by atoms with Crippen molar-refractivity contribution in [2.24, 2.45) is 0 Å². The molecular weight excluding hydrogens is 158 g/mol. The van der Waals surface area contributed by atoms with Gasteiger partial charge in [0.2, 0.25) is 0 Å².